The second-order valence-corrected chi connectivity index (χ2v) is 5.94. The summed E-state index contributed by atoms with van der Waals surface area (Å²) in [7, 11) is 0. The summed E-state index contributed by atoms with van der Waals surface area (Å²) >= 11 is 1.76. The van der Waals surface area contributed by atoms with Gasteiger partial charge in [0, 0.05) is 16.8 Å². The molecular formula is C13H17NOS. The van der Waals surface area contributed by atoms with Crippen LogP contribution in [0.3, 0.4) is 0 Å². The van der Waals surface area contributed by atoms with Crippen molar-refractivity contribution in [1.82, 2.24) is 4.90 Å². The molecule has 2 aliphatic carbocycles. The van der Waals surface area contributed by atoms with E-state index in [2.05, 4.69) is 22.4 Å². The zero-order chi connectivity index (χ0) is 11.0. The molecule has 1 heterocycles. The van der Waals surface area contributed by atoms with Crippen molar-refractivity contribution in [2.45, 2.75) is 44.7 Å². The Morgan fingerprint density at radius 1 is 1.38 bits per heavy atom. The Labute approximate surface area is 100 Å². The number of rotatable bonds is 4. The topological polar surface area (TPSA) is 20.3 Å². The summed E-state index contributed by atoms with van der Waals surface area (Å²) < 4.78 is 0. The number of hydrogen-bond donors (Lipinski definition) is 0. The summed E-state index contributed by atoms with van der Waals surface area (Å²) in [6, 6.07) is 4.75. The Kier molecular flexibility index (Phi) is 2.72. The number of thiophene rings is 1. The van der Waals surface area contributed by atoms with Crippen LogP contribution in [0.15, 0.2) is 17.5 Å². The average Bonchev–Trinajstić information content (AvgIpc) is 2.90. The van der Waals surface area contributed by atoms with Crippen LogP contribution in [0.1, 0.15) is 37.0 Å². The van der Waals surface area contributed by atoms with Crippen LogP contribution < -0.4 is 0 Å². The molecule has 0 aliphatic heterocycles. The Balaban J connectivity index is 1.68. The Morgan fingerprint density at radius 3 is 2.69 bits per heavy atom. The van der Waals surface area contributed by atoms with E-state index in [1.54, 1.807) is 11.3 Å². The molecule has 2 nitrogen and oxygen atoms in total. The number of hydrogen-bond acceptors (Lipinski definition) is 2. The summed E-state index contributed by atoms with van der Waals surface area (Å²) in [5.41, 5.74) is 0. The van der Waals surface area contributed by atoms with Gasteiger partial charge >= 0.3 is 0 Å². The Bertz CT molecular complexity index is 365. The lowest BCUT2D eigenvalue weighted by Gasteiger charge is -2.31. The summed E-state index contributed by atoms with van der Waals surface area (Å²) in [5.74, 6) is 0.766. The van der Waals surface area contributed by atoms with Gasteiger partial charge in [-0.1, -0.05) is 12.5 Å². The maximum Gasteiger partial charge on any atom is 0.226 e. The van der Waals surface area contributed by atoms with Gasteiger partial charge in [0.2, 0.25) is 5.91 Å². The highest BCUT2D eigenvalue weighted by molar-refractivity contribution is 7.09. The molecule has 0 saturated heterocycles. The van der Waals surface area contributed by atoms with Gasteiger partial charge < -0.3 is 4.90 Å². The molecule has 0 spiro atoms. The zero-order valence-corrected chi connectivity index (χ0v) is 10.2. The third-order valence-electron chi connectivity index (χ3n) is 3.63. The van der Waals surface area contributed by atoms with Gasteiger partial charge in [0.15, 0.2) is 0 Å². The molecule has 0 atom stereocenters. The average molecular weight is 235 g/mol. The van der Waals surface area contributed by atoms with E-state index in [0.29, 0.717) is 17.9 Å². The van der Waals surface area contributed by atoms with Crippen LogP contribution in [-0.2, 0) is 11.3 Å². The molecule has 3 rings (SSSR count). The van der Waals surface area contributed by atoms with Gasteiger partial charge in [-0.3, -0.25) is 4.79 Å². The van der Waals surface area contributed by atoms with Gasteiger partial charge in [-0.05, 0) is 37.1 Å². The fourth-order valence-electron chi connectivity index (χ4n) is 2.23. The third-order valence-corrected chi connectivity index (χ3v) is 4.49. The highest BCUT2D eigenvalue weighted by Gasteiger charge is 2.37. The smallest absolute Gasteiger partial charge is 0.226 e. The van der Waals surface area contributed by atoms with Crippen molar-refractivity contribution in [3.05, 3.63) is 22.4 Å². The van der Waals surface area contributed by atoms with Gasteiger partial charge in [-0.25, -0.2) is 0 Å². The lowest BCUT2D eigenvalue weighted by Crippen LogP contribution is -2.39. The molecule has 1 aromatic heterocycles. The van der Waals surface area contributed by atoms with Gasteiger partial charge in [0.05, 0.1) is 6.54 Å². The molecule has 0 bridgehead atoms. The van der Waals surface area contributed by atoms with Crippen LogP contribution in [0, 0.1) is 5.92 Å². The fourth-order valence-corrected chi connectivity index (χ4v) is 2.94. The van der Waals surface area contributed by atoms with Crippen LogP contribution in [0.5, 0.6) is 0 Å². The van der Waals surface area contributed by atoms with Crippen molar-refractivity contribution in [3.63, 3.8) is 0 Å². The van der Waals surface area contributed by atoms with Crippen LogP contribution in [0.25, 0.3) is 0 Å². The molecule has 1 amide bonds. The molecule has 2 fully saturated rings. The minimum atomic E-state index is 0.348. The summed E-state index contributed by atoms with van der Waals surface area (Å²) in [4.78, 5) is 15.7. The maximum atomic E-state index is 12.3. The zero-order valence-electron chi connectivity index (χ0n) is 9.39. The van der Waals surface area contributed by atoms with Crippen molar-refractivity contribution >= 4 is 17.2 Å². The first-order valence-electron chi connectivity index (χ1n) is 6.17. The number of nitrogens with zero attached hydrogens (tertiary/aromatic N) is 1. The second-order valence-electron chi connectivity index (χ2n) is 4.90. The van der Waals surface area contributed by atoms with Crippen molar-refractivity contribution in [3.8, 4) is 0 Å². The third kappa shape index (κ3) is 2.01. The van der Waals surface area contributed by atoms with Gasteiger partial charge in [-0.2, -0.15) is 0 Å². The highest BCUT2D eigenvalue weighted by Crippen LogP contribution is 2.35. The van der Waals surface area contributed by atoms with E-state index in [4.69, 9.17) is 0 Å². The lowest BCUT2D eigenvalue weighted by molar-refractivity contribution is -0.139. The number of carbonyl (C=O) groups excluding carboxylic acids is 1. The van der Waals surface area contributed by atoms with Crippen LogP contribution in [0.4, 0.5) is 0 Å². The molecule has 0 unspecified atom stereocenters. The Morgan fingerprint density at radius 2 is 2.19 bits per heavy atom. The van der Waals surface area contributed by atoms with Gasteiger partial charge in [0.1, 0.15) is 0 Å². The highest BCUT2D eigenvalue weighted by atomic mass is 32.1. The van der Waals surface area contributed by atoms with E-state index >= 15 is 0 Å². The van der Waals surface area contributed by atoms with Gasteiger partial charge in [0.25, 0.3) is 0 Å². The molecule has 0 N–H and O–H groups in total. The van der Waals surface area contributed by atoms with E-state index in [1.807, 2.05) is 0 Å². The van der Waals surface area contributed by atoms with E-state index in [9.17, 15) is 4.79 Å². The molecule has 0 radical (unpaired) electrons. The normalized spacial score (nSPS) is 20.5. The maximum absolute atomic E-state index is 12.3. The summed E-state index contributed by atoms with van der Waals surface area (Å²) in [6.07, 6.45) is 5.90. The van der Waals surface area contributed by atoms with E-state index < -0.39 is 0 Å². The SMILES string of the molecule is O=C(C1CCC1)N(Cc1cccs1)C1CC1. The predicted octanol–water partition coefficient (Wildman–Crippen LogP) is 3.04. The minimum Gasteiger partial charge on any atom is -0.334 e. The van der Waals surface area contributed by atoms with Crippen LogP contribution in [0.2, 0.25) is 0 Å². The van der Waals surface area contributed by atoms with Crippen molar-refractivity contribution in [1.29, 1.82) is 0 Å². The molecule has 3 heteroatoms. The molecular weight excluding hydrogens is 218 g/mol. The fraction of sp³-hybridized carbons (Fsp3) is 0.615. The largest absolute Gasteiger partial charge is 0.334 e. The van der Waals surface area contributed by atoms with Crippen molar-refractivity contribution in [2.24, 2.45) is 5.92 Å². The summed E-state index contributed by atoms with van der Waals surface area (Å²) in [6.45, 7) is 0.845. The van der Waals surface area contributed by atoms with Crippen molar-refractivity contribution in [2.75, 3.05) is 0 Å². The molecule has 1 aromatic rings. The quantitative estimate of drug-likeness (QED) is 0.785. The molecule has 16 heavy (non-hydrogen) atoms. The second kappa shape index (κ2) is 4.21. The molecule has 86 valence electrons. The standard InChI is InChI=1S/C13H17NOS/c15-13(10-3-1-4-10)14(11-6-7-11)9-12-5-2-8-16-12/h2,5,8,10-11H,1,3-4,6-7,9H2. The molecule has 0 aromatic carbocycles. The first-order valence-corrected chi connectivity index (χ1v) is 7.05. The van der Waals surface area contributed by atoms with E-state index in [-0.39, 0.29) is 0 Å². The first-order chi connectivity index (χ1) is 7.84. The Hall–Kier alpha value is -0.830. The lowest BCUT2D eigenvalue weighted by atomic mass is 9.84. The van der Waals surface area contributed by atoms with E-state index in [0.717, 1.165) is 19.4 Å². The van der Waals surface area contributed by atoms with Crippen LogP contribution >= 0.6 is 11.3 Å². The number of amides is 1. The van der Waals surface area contributed by atoms with Gasteiger partial charge in [-0.15, -0.1) is 11.3 Å². The summed E-state index contributed by atoms with van der Waals surface area (Å²) in [5, 5.41) is 2.09. The minimum absolute atomic E-state index is 0.348. The molecule has 2 saturated carbocycles. The van der Waals surface area contributed by atoms with E-state index in [1.165, 1.54) is 24.1 Å². The predicted molar refractivity (Wildman–Crippen MR) is 65.2 cm³/mol. The first kappa shape index (κ1) is 10.3. The van der Waals surface area contributed by atoms with Crippen molar-refractivity contribution < 1.29 is 4.79 Å². The molecule has 2 aliphatic rings. The number of carbonyl (C=O) groups is 1. The monoisotopic (exact) mass is 235 g/mol. The van der Waals surface area contributed by atoms with Crippen LogP contribution in [-0.4, -0.2) is 16.8 Å².